The van der Waals surface area contributed by atoms with Crippen LogP contribution in [0.25, 0.3) is 11.3 Å². The number of hydrogen-bond acceptors (Lipinski definition) is 4. The van der Waals surface area contributed by atoms with Gasteiger partial charge < -0.3 is 4.90 Å². The van der Waals surface area contributed by atoms with Crippen LogP contribution in [0.3, 0.4) is 0 Å². The van der Waals surface area contributed by atoms with Crippen molar-refractivity contribution < 1.29 is 8.42 Å². The van der Waals surface area contributed by atoms with Crippen molar-refractivity contribution in [2.45, 2.75) is 4.90 Å². The number of para-hydroxylation sites is 1. The van der Waals surface area contributed by atoms with Gasteiger partial charge in [0.2, 0.25) is 10.0 Å². The summed E-state index contributed by atoms with van der Waals surface area (Å²) in [5, 5.41) is 4.40. The summed E-state index contributed by atoms with van der Waals surface area (Å²) >= 11 is 0. The van der Waals surface area contributed by atoms with Gasteiger partial charge in [-0.1, -0.05) is 48.5 Å². The number of aryl methyl sites for hydroxylation is 1. The highest BCUT2D eigenvalue weighted by molar-refractivity contribution is 7.89. The fraction of sp³-hybridized carbons (Fsp3) is 0.250. The molecule has 0 atom stereocenters. The Kier molecular flexibility index (Phi) is 4.72. The summed E-state index contributed by atoms with van der Waals surface area (Å²) in [6, 6.07) is 19.5. The van der Waals surface area contributed by atoms with Crippen LogP contribution in [-0.4, -0.2) is 48.7 Å². The lowest BCUT2D eigenvalue weighted by molar-refractivity contribution is 0.385. The molecule has 0 radical (unpaired) electrons. The van der Waals surface area contributed by atoms with Crippen LogP contribution in [-0.2, 0) is 17.1 Å². The lowest BCUT2D eigenvalue weighted by atomic mass is 10.2. The van der Waals surface area contributed by atoms with E-state index in [0.717, 1.165) is 11.3 Å². The molecule has 0 saturated carbocycles. The molecular formula is C20H22N4O2S. The summed E-state index contributed by atoms with van der Waals surface area (Å²) in [5.41, 5.74) is 2.43. The van der Waals surface area contributed by atoms with E-state index in [1.54, 1.807) is 22.2 Å². The van der Waals surface area contributed by atoms with E-state index in [9.17, 15) is 8.42 Å². The number of piperazine rings is 1. The second-order valence-corrected chi connectivity index (χ2v) is 8.51. The van der Waals surface area contributed by atoms with Crippen LogP contribution in [0, 0.1) is 0 Å². The van der Waals surface area contributed by atoms with Crippen molar-refractivity contribution in [2.75, 3.05) is 31.1 Å². The molecule has 1 saturated heterocycles. The first-order valence-corrected chi connectivity index (χ1v) is 10.4. The minimum Gasteiger partial charge on any atom is -0.369 e. The molecule has 27 heavy (non-hydrogen) atoms. The molecule has 0 amide bonds. The smallest absolute Gasteiger partial charge is 0.246 e. The zero-order valence-corrected chi connectivity index (χ0v) is 16.0. The van der Waals surface area contributed by atoms with Gasteiger partial charge in [0.15, 0.2) is 0 Å². The number of aromatic nitrogens is 2. The van der Waals surface area contributed by atoms with Gasteiger partial charge in [-0.2, -0.15) is 9.40 Å². The molecule has 1 aromatic heterocycles. The van der Waals surface area contributed by atoms with Crippen LogP contribution in [0.15, 0.2) is 71.8 Å². The molecule has 3 aromatic rings. The van der Waals surface area contributed by atoms with Crippen molar-refractivity contribution in [2.24, 2.45) is 7.05 Å². The maximum atomic E-state index is 13.3. The summed E-state index contributed by atoms with van der Waals surface area (Å²) in [7, 11) is -1.85. The summed E-state index contributed by atoms with van der Waals surface area (Å²) < 4.78 is 29.7. The Labute approximate surface area is 159 Å². The molecular weight excluding hydrogens is 360 g/mol. The van der Waals surface area contributed by atoms with Gasteiger partial charge in [-0.25, -0.2) is 8.42 Å². The highest BCUT2D eigenvalue weighted by atomic mass is 32.2. The maximum absolute atomic E-state index is 13.3. The first-order valence-electron chi connectivity index (χ1n) is 8.95. The second kappa shape index (κ2) is 7.17. The van der Waals surface area contributed by atoms with Gasteiger partial charge in [0.1, 0.15) is 10.6 Å². The number of benzene rings is 2. The standard InChI is InChI=1S/C20H22N4O2S/c1-22-16-19(20(21-22)17-8-4-2-5-9-17)27(25,26)24-14-12-23(13-15-24)18-10-6-3-7-11-18/h2-11,16H,12-15H2,1H3. The molecule has 0 N–H and O–H groups in total. The summed E-state index contributed by atoms with van der Waals surface area (Å²) in [5.74, 6) is 0. The highest BCUT2D eigenvalue weighted by Gasteiger charge is 2.32. The Morgan fingerprint density at radius 1 is 0.852 bits per heavy atom. The van der Waals surface area contributed by atoms with E-state index in [4.69, 9.17) is 0 Å². The van der Waals surface area contributed by atoms with Crippen LogP contribution in [0.4, 0.5) is 5.69 Å². The number of hydrogen-bond donors (Lipinski definition) is 0. The topological polar surface area (TPSA) is 58.4 Å². The van der Waals surface area contributed by atoms with Crippen LogP contribution in [0.5, 0.6) is 0 Å². The van der Waals surface area contributed by atoms with Crippen molar-refractivity contribution in [1.29, 1.82) is 0 Å². The molecule has 4 rings (SSSR count). The largest absolute Gasteiger partial charge is 0.369 e. The Bertz CT molecular complexity index is 1010. The van der Waals surface area contributed by atoms with Crippen LogP contribution >= 0.6 is 0 Å². The van der Waals surface area contributed by atoms with Crippen molar-refractivity contribution in [3.63, 3.8) is 0 Å². The Morgan fingerprint density at radius 3 is 2.07 bits per heavy atom. The monoisotopic (exact) mass is 382 g/mol. The molecule has 1 aliphatic heterocycles. The highest BCUT2D eigenvalue weighted by Crippen LogP contribution is 2.29. The second-order valence-electron chi connectivity index (χ2n) is 6.61. The Hall–Kier alpha value is -2.64. The predicted octanol–water partition coefficient (Wildman–Crippen LogP) is 2.60. The number of nitrogens with zero attached hydrogens (tertiary/aromatic N) is 4. The van der Waals surface area contributed by atoms with Gasteiger partial charge >= 0.3 is 0 Å². The SMILES string of the molecule is Cn1cc(S(=O)(=O)N2CCN(c3ccccc3)CC2)c(-c2ccccc2)n1. The van der Waals surface area contributed by atoms with Gasteiger partial charge in [-0.3, -0.25) is 4.68 Å². The molecule has 1 fully saturated rings. The average molecular weight is 382 g/mol. The molecule has 0 spiro atoms. The van der Waals surface area contributed by atoms with Crippen molar-refractivity contribution in [3.8, 4) is 11.3 Å². The third kappa shape index (κ3) is 3.48. The molecule has 6 nitrogen and oxygen atoms in total. The van der Waals surface area contributed by atoms with Gasteiger partial charge in [-0.15, -0.1) is 0 Å². The molecule has 7 heteroatoms. The van der Waals surface area contributed by atoms with Crippen molar-refractivity contribution in [3.05, 3.63) is 66.9 Å². The fourth-order valence-corrected chi connectivity index (χ4v) is 5.03. The molecule has 2 heterocycles. The van der Waals surface area contributed by atoms with Crippen LogP contribution < -0.4 is 4.90 Å². The number of rotatable bonds is 4. The fourth-order valence-electron chi connectivity index (χ4n) is 3.42. The lowest BCUT2D eigenvalue weighted by Gasteiger charge is -2.35. The van der Waals surface area contributed by atoms with Crippen LogP contribution in [0.1, 0.15) is 0 Å². The van der Waals surface area contributed by atoms with E-state index in [0.29, 0.717) is 31.9 Å². The lowest BCUT2D eigenvalue weighted by Crippen LogP contribution is -2.48. The van der Waals surface area contributed by atoms with Gasteiger partial charge in [0, 0.05) is 50.7 Å². The van der Waals surface area contributed by atoms with E-state index in [2.05, 4.69) is 22.1 Å². The quantitative estimate of drug-likeness (QED) is 0.696. The Balaban J connectivity index is 1.59. The molecule has 0 aliphatic carbocycles. The van der Waals surface area contributed by atoms with E-state index < -0.39 is 10.0 Å². The van der Waals surface area contributed by atoms with E-state index >= 15 is 0 Å². The van der Waals surface area contributed by atoms with E-state index in [1.807, 2.05) is 48.5 Å². The molecule has 1 aliphatic rings. The normalized spacial score (nSPS) is 15.8. The van der Waals surface area contributed by atoms with Crippen molar-refractivity contribution in [1.82, 2.24) is 14.1 Å². The van der Waals surface area contributed by atoms with E-state index in [-0.39, 0.29) is 4.90 Å². The molecule has 140 valence electrons. The predicted molar refractivity (Wildman–Crippen MR) is 106 cm³/mol. The van der Waals surface area contributed by atoms with Gasteiger partial charge in [-0.05, 0) is 12.1 Å². The van der Waals surface area contributed by atoms with E-state index in [1.165, 1.54) is 0 Å². The number of sulfonamides is 1. The van der Waals surface area contributed by atoms with Crippen molar-refractivity contribution >= 4 is 15.7 Å². The number of anilines is 1. The summed E-state index contributed by atoms with van der Waals surface area (Å²) in [4.78, 5) is 2.48. The maximum Gasteiger partial charge on any atom is 0.246 e. The molecule has 2 aromatic carbocycles. The van der Waals surface area contributed by atoms with Gasteiger partial charge in [0.05, 0.1) is 0 Å². The first-order chi connectivity index (χ1) is 13.1. The first kappa shape index (κ1) is 17.8. The Morgan fingerprint density at radius 2 is 1.44 bits per heavy atom. The van der Waals surface area contributed by atoms with Crippen LogP contribution in [0.2, 0.25) is 0 Å². The molecule has 0 unspecified atom stereocenters. The minimum atomic E-state index is -3.60. The molecule has 0 bridgehead atoms. The zero-order valence-electron chi connectivity index (χ0n) is 15.2. The average Bonchev–Trinajstić information content (AvgIpc) is 3.12. The zero-order chi connectivity index (χ0) is 18.9. The van der Waals surface area contributed by atoms with Gasteiger partial charge in [0.25, 0.3) is 0 Å². The summed E-state index contributed by atoms with van der Waals surface area (Å²) in [6.07, 6.45) is 1.60. The third-order valence-electron chi connectivity index (χ3n) is 4.82. The third-order valence-corrected chi connectivity index (χ3v) is 6.72. The summed E-state index contributed by atoms with van der Waals surface area (Å²) in [6.45, 7) is 2.26. The minimum absolute atomic E-state index is 0.268.